The van der Waals surface area contributed by atoms with E-state index in [0.29, 0.717) is 22.0 Å². The van der Waals surface area contributed by atoms with Crippen molar-refractivity contribution in [2.75, 3.05) is 0 Å². The molecule has 0 unspecified atom stereocenters. The Hall–Kier alpha value is -2.89. The van der Waals surface area contributed by atoms with Gasteiger partial charge in [0.1, 0.15) is 11.9 Å². The van der Waals surface area contributed by atoms with E-state index in [1.807, 2.05) is 51.1 Å². The van der Waals surface area contributed by atoms with Gasteiger partial charge in [0.25, 0.3) is 0 Å². The van der Waals surface area contributed by atoms with Crippen LogP contribution >= 0.6 is 23.2 Å². The molecule has 3 aromatic rings. The van der Waals surface area contributed by atoms with Gasteiger partial charge in [-0.25, -0.2) is 4.39 Å². The molecule has 184 valence electrons. The minimum absolute atomic E-state index is 0.110. The Morgan fingerprint density at radius 1 is 0.914 bits per heavy atom. The Kier molecular flexibility index (Phi) is 8.92. The third-order valence-corrected chi connectivity index (χ3v) is 6.14. The van der Waals surface area contributed by atoms with Crippen molar-refractivity contribution in [3.8, 4) is 0 Å². The average Bonchev–Trinajstić information content (AvgIpc) is 2.79. The maximum absolute atomic E-state index is 14.4. The van der Waals surface area contributed by atoms with Gasteiger partial charge in [0.2, 0.25) is 11.8 Å². The molecule has 3 aromatic carbocycles. The second-order valence-corrected chi connectivity index (χ2v) is 10.3. The zero-order chi connectivity index (χ0) is 25.6. The molecule has 0 saturated heterocycles. The maximum atomic E-state index is 14.4. The molecule has 35 heavy (non-hydrogen) atoms. The van der Waals surface area contributed by atoms with Gasteiger partial charge in [0.15, 0.2) is 0 Å². The quantitative estimate of drug-likeness (QED) is 0.387. The Morgan fingerprint density at radius 3 is 2.20 bits per heavy atom. The van der Waals surface area contributed by atoms with Gasteiger partial charge in [-0.15, -0.1) is 0 Å². The number of carbonyl (C=O) groups excluding carboxylic acids is 2. The number of halogens is 3. The molecular weight excluding hydrogens is 486 g/mol. The highest BCUT2D eigenvalue weighted by atomic mass is 35.5. The molecule has 7 heteroatoms. The Labute approximate surface area is 216 Å². The van der Waals surface area contributed by atoms with Gasteiger partial charge in [0, 0.05) is 18.5 Å². The highest BCUT2D eigenvalue weighted by Crippen LogP contribution is 2.25. The molecule has 0 saturated carbocycles. The predicted octanol–water partition coefficient (Wildman–Crippen LogP) is 6.23. The molecule has 0 aromatic heterocycles. The lowest BCUT2D eigenvalue weighted by molar-refractivity contribution is -0.141. The van der Waals surface area contributed by atoms with E-state index in [0.717, 1.165) is 5.56 Å². The topological polar surface area (TPSA) is 49.4 Å². The fourth-order valence-electron chi connectivity index (χ4n) is 3.75. The van der Waals surface area contributed by atoms with Crippen LogP contribution in [0.5, 0.6) is 0 Å². The molecule has 0 heterocycles. The second kappa shape index (κ2) is 11.7. The fraction of sp³-hybridized carbons (Fsp3) is 0.286. The van der Waals surface area contributed by atoms with Crippen LogP contribution in [0.4, 0.5) is 4.39 Å². The van der Waals surface area contributed by atoms with Crippen molar-refractivity contribution in [1.82, 2.24) is 10.2 Å². The zero-order valence-corrected chi connectivity index (χ0v) is 21.5. The van der Waals surface area contributed by atoms with Gasteiger partial charge >= 0.3 is 0 Å². The minimum Gasteiger partial charge on any atom is -0.350 e. The summed E-state index contributed by atoms with van der Waals surface area (Å²) in [5.41, 5.74) is 1.38. The number of carbonyl (C=O) groups is 2. The SMILES string of the molecule is CC(C)(C)NC(=O)[C@H](Cc1ccccc1)N(Cc1ccc(Cl)c(Cl)c1)C(=O)Cc1ccccc1F. The number of amides is 2. The average molecular weight is 515 g/mol. The predicted molar refractivity (Wildman–Crippen MR) is 139 cm³/mol. The molecule has 3 rings (SSSR count). The Bertz CT molecular complexity index is 1180. The van der Waals surface area contributed by atoms with E-state index in [1.165, 1.54) is 11.0 Å². The molecule has 1 N–H and O–H groups in total. The van der Waals surface area contributed by atoms with E-state index >= 15 is 0 Å². The fourth-order valence-corrected chi connectivity index (χ4v) is 4.07. The molecule has 0 aliphatic carbocycles. The first-order valence-corrected chi connectivity index (χ1v) is 12.1. The molecule has 0 spiro atoms. The molecule has 0 radical (unpaired) electrons. The van der Waals surface area contributed by atoms with E-state index in [-0.39, 0.29) is 30.3 Å². The van der Waals surface area contributed by atoms with Gasteiger partial charge in [-0.05, 0) is 55.7 Å². The Morgan fingerprint density at radius 2 is 1.57 bits per heavy atom. The summed E-state index contributed by atoms with van der Waals surface area (Å²) in [6.07, 6.45) is 0.120. The van der Waals surface area contributed by atoms with Crippen LogP contribution in [0.3, 0.4) is 0 Å². The molecule has 0 fully saturated rings. The normalized spacial score (nSPS) is 12.2. The van der Waals surface area contributed by atoms with Gasteiger partial charge in [-0.2, -0.15) is 0 Å². The van der Waals surface area contributed by atoms with Crippen molar-refractivity contribution >= 4 is 35.0 Å². The van der Waals surface area contributed by atoms with Crippen LogP contribution < -0.4 is 5.32 Å². The van der Waals surface area contributed by atoms with Crippen molar-refractivity contribution in [3.63, 3.8) is 0 Å². The number of nitrogens with one attached hydrogen (secondary N) is 1. The van der Waals surface area contributed by atoms with Crippen LogP contribution in [0.15, 0.2) is 72.8 Å². The van der Waals surface area contributed by atoms with Crippen molar-refractivity contribution in [2.24, 2.45) is 0 Å². The minimum atomic E-state index is -0.828. The molecule has 4 nitrogen and oxygen atoms in total. The van der Waals surface area contributed by atoms with E-state index in [4.69, 9.17) is 23.2 Å². The molecule has 2 amide bonds. The smallest absolute Gasteiger partial charge is 0.243 e. The van der Waals surface area contributed by atoms with Gasteiger partial charge in [-0.1, -0.05) is 77.8 Å². The molecule has 0 aliphatic rings. The summed E-state index contributed by atoms with van der Waals surface area (Å²) in [6.45, 7) is 5.76. The summed E-state index contributed by atoms with van der Waals surface area (Å²) in [5, 5.41) is 3.75. The van der Waals surface area contributed by atoms with Crippen LogP contribution in [-0.4, -0.2) is 28.3 Å². The monoisotopic (exact) mass is 514 g/mol. The number of nitrogens with zero attached hydrogens (tertiary/aromatic N) is 1. The number of hydrogen-bond acceptors (Lipinski definition) is 2. The van der Waals surface area contributed by atoms with E-state index in [2.05, 4.69) is 5.32 Å². The van der Waals surface area contributed by atoms with Crippen LogP contribution in [0.25, 0.3) is 0 Å². The summed E-state index contributed by atoms with van der Waals surface area (Å²) in [7, 11) is 0. The molecule has 1 atom stereocenters. The first kappa shape index (κ1) is 26.7. The lowest BCUT2D eigenvalue weighted by atomic mass is 9.99. The van der Waals surface area contributed by atoms with Crippen LogP contribution in [0.2, 0.25) is 10.0 Å². The van der Waals surface area contributed by atoms with Gasteiger partial charge in [0.05, 0.1) is 16.5 Å². The summed E-state index contributed by atoms with van der Waals surface area (Å²) < 4.78 is 14.4. The number of hydrogen-bond donors (Lipinski definition) is 1. The van der Waals surface area contributed by atoms with Crippen molar-refractivity contribution < 1.29 is 14.0 Å². The maximum Gasteiger partial charge on any atom is 0.243 e. The van der Waals surface area contributed by atoms with Crippen molar-refractivity contribution in [3.05, 3.63) is 105 Å². The number of rotatable bonds is 8. The van der Waals surface area contributed by atoms with Crippen molar-refractivity contribution in [2.45, 2.75) is 51.7 Å². The molecular formula is C28H29Cl2FN2O2. The summed E-state index contributed by atoms with van der Waals surface area (Å²) >= 11 is 12.3. The van der Waals surface area contributed by atoms with Crippen LogP contribution in [0, 0.1) is 5.82 Å². The molecule has 0 aliphatic heterocycles. The summed E-state index contributed by atoms with van der Waals surface area (Å²) in [6, 6.07) is 19.9. The van der Waals surface area contributed by atoms with Gasteiger partial charge in [-0.3, -0.25) is 9.59 Å². The first-order chi connectivity index (χ1) is 16.5. The molecule has 0 bridgehead atoms. The summed E-state index contributed by atoms with van der Waals surface area (Å²) in [5.74, 6) is -1.12. The highest BCUT2D eigenvalue weighted by molar-refractivity contribution is 6.42. The van der Waals surface area contributed by atoms with Gasteiger partial charge < -0.3 is 10.2 Å². The lowest BCUT2D eigenvalue weighted by Crippen LogP contribution is -2.54. The zero-order valence-electron chi connectivity index (χ0n) is 20.0. The first-order valence-electron chi connectivity index (χ1n) is 11.4. The highest BCUT2D eigenvalue weighted by Gasteiger charge is 2.32. The number of benzene rings is 3. The Balaban J connectivity index is 2.02. The van der Waals surface area contributed by atoms with Crippen LogP contribution in [-0.2, 0) is 29.0 Å². The summed E-state index contributed by atoms with van der Waals surface area (Å²) in [4.78, 5) is 28.7. The second-order valence-electron chi connectivity index (χ2n) is 9.48. The van der Waals surface area contributed by atoms with Crippen molar-refractivity contribution in [1.29, 1.82) is 0 Å². The third-order valence-electron chi connectivity index (χ3n) is 5.41. The van der Waals surface area contributed by atoms with Crippen LogP contribution in [0.1, 0.15) is 37.5 Å². The van der Waals surface area contributed by atoms with E-state index < -0.39 is 17.4 Å². The standard InChI is InChI=1S/C28H29Cl2FN2O2/c1-28(2,3)32-27(35)25(16-19-9-5-4-6-10-19)33(18-20-13-14-22(29)23(30)15-20)26(34)17-21-11-7-8-12-24(21)31/h4-15,25H,16-18H2,1-3H3,(H,32,35)/t25-/m0/s1. The van der Waals surface area contributed by atoms with E-state index in [9.17, 15) is 14.0 Å². The third kappa shape index (κ3) is 7.81. The lowest BCUT2D eigenvalue weighted by Gasteiger charge is -2.34. The van der Waals surface area contributed by atoms with E-state index in [1.54, 1.807) is 36.4 Å². The largest absolute Gasteiger partial charge is 0.350 e.